The molecule has 0 amide bonds. The molecule has 0 unspecified atom stereocenters. The molecule has 1 N–H and O–H groups in total. The highest BCUT2D eigenvalue weighted by Gasteiger charge is 2.32. The largest absolute Gasteiger partial charge is 0.470 e. The summed E-state index contributed by atoms with van der Waals surface area (Å²) < 4.78 is 10.2. The van der Waals surface area contributed by atoms with E-state index in [-0.39, 0.29) is 30.5 Å². The molecule has 26 heavy (non-hydrogen) atoms. The summed E-state index contributed by atoms with van der Waals surface area (Å²) >= 11 is 5.85. The van der Waals surface area contributed by atoms with Gasteiger partial charge in [-0.2, -0.15) is 0 Å². The van der Waals surface area contributed by atoms with Crippen LogP contribution in [0.1, 0.15) is 26.3 Å². The highest BCUT2D eigenvalue weighted by atomic mass is 35.5. The van der Waals surface area contributed by atoms with E-state index in [2.05, 4.69) is 5.32 Å². The number of ether oxygens (including phenoxy) is 2. The van der Waals surface area contributed by atoms with Gasteiger partial charge in [-0.05, 0) is 41.5 Å². The van der Waals surface area contributed by atoms with Gasteiger partial charge in [0.05, 0.1) is 6.61 Å². The lowest BCUT2D eigenvalue weighted by Gasteiger charge is -2.10. The van der Waals surface area contributed by atoms with Gasteiger partial charge in [0.25, 0.3) is 0 Å². The van der Waals surface area contributed by atoms with Crippen molar-refractivity contribution in [2.75, 3.05) is 18.5 Å². The zero-order valence-electron chi connectivity index (χ0n) is 15.1. The van der Waals surface area contributed by atoms with Gasteiger partial charge in [0.2, 0.25) is 11.7 Å². The maximum absolute atomic E-state index is 11.9. The number of benzene rings is 2. The van der Waals surface area contributed by atoms with Crippen LogP contribution in [0.25, 0.3) is 10.8 Å². The van der Waals surface area contributed by atoms with E-state index in [1.54, 1.807) is 6.92 Å². The Morgan fingerprint density at radius 1 is 1.19 bits per heavy atom. The average molecular weight is 376 g/mol. The number of halogens is 1. The van der Waals surface area contributed by atoms with Crippen LogP contribution in [-0.2, 0) is 24.9 Å². The van der Waals surface area contributed by atoms with Crippen molar-refractivity contribution in [2.24, 2.45) is 0 Å². The van der Waals surface area contributed by atoms with E-state index in [9.17, 15) is 9.59 Å². The number of anilines is 1. The number of Topliss-reactive ketones (excluding diaryl/α,β-unsaturated/α-hetero) is 1. The second-order valence-corrected chi connectivity index (χ2v) is 5.56. The average Bonchev–Trinajstić information content (AvgIpc) is 3.03. The van der Waals surface area contributed by atoms with Gasteiger partial charge >= 0.3 is 5.97 Å². The van der Waals surface area contributed by atoms with Crippen LogP contribution in [0, 0.1) is 0 Å². The molecule has 0 radical (unpaired) electrons. The maximum atomic E-state index is 11.9. The predicted octanol–water partition coefficient (Wildman–Crippen LogP) is 4.39. The summed E-state index contributed by atoms with van der Waals surface area (Å²) in [6, 6.07) is 11.6. The van der Waals surface area contributed by atoms with E-state index in [0.29, 0.717) is 11.6 Å². The molecule has 1 aliphatic rings. The lowest BCUT2D eigenvalue weighted by atomic mass is 10.1. The molecule has 1 heterocycles. The van der Waals surface area contributed by atoms with Crippen LogP contribution in [0.3, 0.4) is 0 Å². The molecule has 2 aromatic carbocycles. The minimum absolute atomic E-state index is 0.0746. The van der Waals surface area contributed by atoms with Crippen LogP contribution in [0.4, 0.5) is 5.69 Å². The Kier molecular flexibility index (Phi) is 7.04. The SMILES string of the molecule is CC.CCOC(=O)C1=C(Nc2ccc3cc(CCl)ccc3c2)OCC1=O. The van der Waals surface area contributed by atoms with Gasteiger partial charge in [-0.15, -0.1) is 11.6 Å². The number of hydrogen-bond donors (Lipinski definition) is 1. The predicted molar refractivity (Wildman–Crippen MR) is 103 cm³/mol. The summed E-state index contributed by atoms with van der Waals surface area (Å²) in [4.78, 5) is 23.7. The minimum Gasteiger partial charge on any atom is -0.470 e. The topological polar surface area (TPSA) is 64.6 Å². The van der Waals surface area contributed by atoms with Crippen molar-refractivity contribution >= 4 is 39.8 Å². The van der Waals surface area contributed by atoms with Crippen molar-refractivity contribution in [3.8, 4) is 0 Å². The van der Waals surface area contributed by atoms with E-state index in [1.165, 1.54) is 0 Å². The second kappa shape index (κ2) is 9.25. The van der Waals surface area contributed by atoms with Crippen molar-refractivity contribution in [1.82, 2.24) is 0 Å². The van der Waals surface area contributed by atoms with Gasteiger partial charge in [0.1, 0.15) is 0 Å². The number of carbonyl (C=O) groups is 2. The number of fused-ring (bicyclic) bond motifs is 1. The maximum Gasteiger partial charge on any atom is 0.347 e. The van der Waals surface area contributed by atoms with E-state index in [4.69, 9.17) is 21.1 Å². The number of nitrogens with one attached hydrogen (secondary N) is 1. The van der Waals surface area contributed by atoms with E-state index < -0.39 is 5.97 Å². The molecule has 0 spiro atoms. The zero-order valence-corrected chi connectivity index (χ0v) is 15.9. The number of carbonyl (C=O) groups excluding carboxylic acids is 2. The fourth-order valence-electron chi connectivity index (χ4n) is 2.50. The monoisotopic (exact) mass is 375 g/mol. The Hall–Kier alpha value is -2.53. The standard InChI is InChI=1S/C18H16ClNO4.C2H6/c1-2-23-18(22)16-15(21)10-24-17(16)20-14-6-5-12-7-11(9-19)3-4-13(12)8-14;1-2/h3-8,20H,2,9-10H2,1H3;1-2H3. The van der Waals surface area contributed by atoms with Crippen LogP contribution in [0.15, 0.2) is 47.9 Å². The van der Waals surface area contributed by atoms with E-state index >= 15 is 0 Å². The quantitative estimate of drug-likeness (QED) is 0.477. The Morgan fingerprint density at radius 2 is 1.88 bits per heavy atom. The lowest BCUT2D eigenvalue weighted by molar-refractivity contribution is -0.139. The smallest absolute Gasteiger partial charge is 0.347 e. The molecule has 1 aliphatic heterocycles. The molecular formula is C20H22ClNO4. The fraction of sp³-hybridized carbons (Fsp3) is 0.300. The highest BCUT2D eigenvalue weighted by Crippen LogP contribution is 2.25. The Labute approximate surface area is 157 Å². The van der Waals surface area contributed by atoms with Gasteiger partial charge < -0.3 is 14.8 Å². The summed E-state index contributed by atoms with van der Waals surface area (Å²) in [5, 5.41) is 5.06. The van der Waals surface area contributed by atoms with Crippen molar-refractivity contribution in [3.05, 3.63) is 53.4 Å². The molecule has 0 aromatic heterocycles. The van der Waals surface area contributed by atoms with Crippen LogP contribution < -0.4 is 5.32 Å². The van der Waals surface area contributed by atoms with Gasteiger partial charge in [0, 0.05) is 11.6 Å². The molecule has 0 saturated carbocycles. The molecule has 6 heteroatoms. The minimum atomic E-state index is -0.671. The van der Waals surface area contributed by atoms with Gasteiger partial charge in [0.15, 0.2) is 12.2 Å². The molecule has 0 atom stereocenters. The lowest BCUT2D eigenvalue weighted by Crippen LogP contribution is -2.16. The third-order valence-electron chi connectivity index (χ3n) is 3.65. The van der Waals surface area contributed by atoms with Crippen LogP contribution in [0.5, 0.6) is 0 Å². The van der Waals surface area contributed by atoms with E-state index in [1.807, 2.05) is 50.2 Å². The first-order valence-corrected chi connectivity index (χ1v) is 9.09. The Morgan fingerprint density at radius 3 is 2.58 bits per heavy atom. The van der Waals surface area contributed by atoms with Crippen LogP contribution >= 0.6 is 11.6 Å². The number of esters is 1. The summed E-state index contributed by atoms with van der Waals surface area (Å²) in [5.74, 6) is -0.462. The molecule has 3 rings (SSSR count). The summed E-state index contributed by atoms with van der Waals surface area (Å²) in [7, 11) is 0. The molecule has 0 saturated heterocycles. The van der Waals surface area contributed by atoms with Gasteiger partial charge in [-0.1, -0.05) is 32.0 Å². The number of rotatable bonds is 5. The van der Waals surface area contributed by atoms with Crippen molar-refractivity contribution < 1.29 is 19.1 Å². The van der Waals surface area contributed by atoms with Crippen molar-refractivity contribution in [3.63, 3.8) is 0 Å². The molecular weight excluding hydrogens is 354 g/mol. The number of ketones is 1. The summed E-state index contributed by atoms with van der Waals surface area (Å²) in [6.07, 6.45) is 0. The third kappa shape index (κ3) is 4.35. The molecule has 0 fully saturated rings. The Balaban J connectivity index is 0.00000117. The van der Waals surface area contributed by atoms with Crippen LogP contribution in [-0.4, -0.2) is 25.0 Å². The van der Waals surface area contributed by atoms with Crippen LogP contribution in [0.2, 0.25) is 0 Å². The van der Waals surface area contributed by atoms with Crippen molar-refractivity contribution in [1.29, 1.82) is 0 Å². The van der Waals surface area contributed by atoms with Gasteiger partial charge in [-0.25, -0.2) is 4.79 Å². The third-order valence-corrected chi connectivity index (χ3v) is 3.96. The summed E-state index contributed by atoms with van der Waals surface area (Å²) in [6.45, 7) is 5.72. The molecule has 5 nitrogen and oxygen atoms in total. The normalized spacial score (nSPS) is 13.2. The first-order valence-electron chi connectivity index (χ1n) is 8.55. The number of hydrogen-bond acceptors (Lipinski definition) is 5. The molecule has 0 bridgehead atoms. The highest BCUT2D eigenvalue weighted by molar-refractivity contribution is 6.19. The molecule has 138 valence electrons. The second-order valence-electron chi connectivity index (χ2n) is 5.29. The molecule has 0 aliphatic carbocycles. The van der Waals surface area contributed by atoms with Gasteiger partial charge in [-0.3, -0.25) is 4.79 Å². The number of alkyl halides is 1. The first-order chi connectivity index (χ1) is 12.6. The Bertz CT molecular complexity index is 845. The molecule has 2 aromatic rings. The first kappa shape index (κ1) is 19.8. The summed E-state index contributed by atoms with van der Waals surface area (Å²) in [5.41, 5.74) is 1.68. The van der Waals surface area contributed by atoms with E-state index in [0.717, 1.165) is 16.3 Å². The zero-order chi connectivity index (χ0) is 19.1. The van der Waals surface area contributed by atoms with Crippen molar-refractivity contribution in [2.45, 2.75) is 26.7 Å². The fourth-order valence-corrected chi connectivity index (χ4v) is 2.67.